The zero-order valence-corrected chi connectivity index (χ0v) is 15.2. The standard InChI is InChI=1S/C14H23N5O4S/c1-17(2)12-5-6-13(16-15-12)23-11-7-8-19(9-11)14(20)10-18(3)24(4,21)22/h5-6,11H,7-10H2,1-4H3/t11-/m0/s1. The lowest BCUT2D eigenvalue weighted by Crippen LogP contribution is -2.40. The van der Waals surface area contributed by atoms with Crippen LogP contribution in [0.5, 0.6) is 5.88 Å². The SMILES string of the molecule is CN(C)c1ccc(O[C@H]2CCN(C(=O)CN(C)S(C)(=O)=O)C2)nn1. The Morgan fingerprint density at radius 3 is 2.58 bits per heavy atom. The van der Waals surface area contributed by atoms with Crippen LogP contribution in [-0.2, 0) is 14.8 Å². The summed E-state index contributed by atoms with van der Waals surface area (Å²) >= 11 is 0. The molecule has 24 heavy (non-hydrogen) atoms. The zero-order valence-electron chi connectivity index (χ0n) is 14.3. The highest BCUT2D eigenvalue weighted by Crippen LogP contribution is 2.17. The highest BCUT2D eigenvalue weighted by Gasteiger charge is 2.29. The fourth-order valence-corrected chi connectivity index (χ4v) is 2.59. The van der Waals surface area contributed by atoms with E-state index in [-0.39, 0.29) is 18.6 Å². The second kappa shape index (κ2) is 7.31. The monoisotopic (exact) mass is 357 g/mol. The molecule has 1 aromatic heterocycles. The van der Waals surface area contributed by atoms with Crippen molar-refractivity contribution in [3.63, 3.8) is 0 Å². The Morgan fingerprint density at radius 2 is 2.04 bits per heavy atom. The first-order valence-electron chi connectivity index (χ1n) is 7.53. The van der Waals surface area contributed by atoms with Crippen LogP contribution in [0.25, 0.3) is 0 Å². The van der Waals surface area contributed by atoms with Gasteiger partial charge >= 0.3 is 0 Å². The van der Waals surface area contributed by atoms with Crippen molar-refractivity contribution >= 4 is 21.7 Å². The van der Waals surface area contributed by atoms with Crippen molar-refractivity contribution in [1.82, 2.24) is 19.4 Å². The summed E-state index contributed by atoms with van der Waals surface area (Å²) in [6.07, 6.45) is 1.58. The molecule has 0 aliphatic carbocycles. The molecule has 1 fully saturated rings. The number of anilines is 1. The Labute approximate surface area is 142 Å². The van der Waals surface area contributed by atoms with Gasteiger partial charge in [-0.05, 0) is 6.07 Å². The molecule has 0 bridgehead atoms. The molecule has 10 heteroatoms. The van der Waals surface area contributed by atoms with Gasteiger partial charge in [0.2, 0.25) is 21.8 Å². The van der Waals surface area contributed by atoms with Crippen LogP contribution in [0.15, 0.2) is 12.1 Å². The lowest BCUT2D eigenvalue weighted by molar-refractivity contribution is -0.130. The topological polar surface area (TPSA) is 95.9 Å². The lowest BCUT2D eigenvalue weighted by Gasteiger charge is -2.20. The molecular weight excluding hydrogens is 334 g/mol. The van der Waals surface area contributed by atoms with Crippen LogP contribution < -0.4 is 9.64 Å². The number of nitrogens with zero attached hydrogens (tertiary/aromatic N) is 5. The smallest absolute Gasteiger partial charge is 0.238 e. The summed E-state index contributed by atoms with van der Waals surface area (Å²) in [4.78, 5) is 15.6. The molecule has 1 aromatic rings. The van der Waals surface area contributed by atoms with Crippen LogP contribution in [0.1, 0.15) is 6.42 Å². The van der Waals surface area contributed by atoms with Gasteiger partial charge in [-0.15, -0.1) is 10.2 Å². The number of aromatic nitrogens is 2. The second-order valence-electron chi connectivity index (χ2n) is 6.01. The van der Waals surface area contributed by atoms with E-state index in [1.54, 1.807) is 17.0 Å². The number of likely N-dealkylation sites (tertiary alicyclic amines) is 1. The number of ether oxygens (including phenoxy) is 1. The molecule has 0 saturated carbocycles. The van der Waals surface area contributed by atoms with Crippen LogP contribution in [-0.4, -0.2) is 86.9 Å². The molecule has 1 saturated heterocycles. The Bertz CT molecular complexity index is 677. The molecule has 134 valence electrons. The number of hydrogen-bond donors (Lipinski definition) is 0. The highest BCUT2D eigenvalue weighted by atomic mass is 32.2. The molecule has 1 atom stereocenters. The van der Waals surface area contributed by atoms with E-state index in [0.29, 0.717) is 25.4 Å². The number of rotatable bonds is 6. The van der Waals surface area contributed by atoms with E-state index >= 15 is 0 Å². The summed E-state index contributed by atoms with van der Waals surface area (Å²) in [5, 5.41) is 8.05. The Balaban J connectivity index is 1.87. The zero-order chi connectivity index (χ0) is 17.9. The van der Waals surface area contributed by atoms with E-state index in [2.05, 4.69) is 10.2 Å². The Hall–Kier alpha value is -1.94. The summed E-state index contributed by atoms with van der Waals surface area (Å²) in [7, 11) is 1.77. The van der Waals surface area contributed by atoms with Gasteiger partial charge in [0.1, 0.15) is 6.10 Å². The third kappa shape index (κ3) is 4.78. The summed E-state index contributed by atoms with van der Waals surface area (Å²) in [5.41, 5.74) is 0. The van der Waals surface area contributed by atoms with Crippen molar-refractivity contribution in [2.75, 3.05) is 51.9 Å². The van der Waals surface area contributed by atoms with Gasteiger partial charge in [0.05, 0.1) is 19.3 Å². The van der Waals surface area contributed by atoms with Gasteiger partial charge in [-0.1, -0.05) is 0 Å². The first-order chi connectivity index (χ1) is 11.2. The molecule has 0 unspecified atom stereocenters. The third-order valence-corrected chi connectivity index (χ3v) is 5.05. The maximum atomic E-state index is 12.2. The van der Waals surface area contributed by atoms with Gasteiger partial charge in [0.25, 0.3) is 0 Å². The normalized spacial score (nSPS) is 18.0. The summed E-state index contributed by atoms with van der Waals surface area (Å²) < 4.78 is 29.5. The maximum absolute atomic E-state index is 12.2. The van der Waals surface area contributed by atoms with Gasteiger partial charge in [-0.2, -0.15) is 4.31 Å². The van der Waals surface area contributed by atoms with E-state index in [0.717, 1.165) is 16.4 Å². The maximum Gasteiger partial charge on any atom is 0.238 e. The molecular formula is C14H23N5O4S. The van der Waals surface area contributed by atoms with Crippen molar-refractivity contribution < 1.29 is 17.9 Å². The molecule has 0 aromatic carbocycles. The van der Waals surface area contributed by atoms with Gasteiger partial charge in [0, 0.05) is 40.2 Å². The summed E-state index contributed by atoms with van der Waals surface area (Å²) in [5.74, 6) is 0.908. The van der Waals surface area contributed by atoms with Crippen molar-refractivity contribution in [3.8, 4) is 5.88 Å². The van der Waals surface area contributed by atoms with E-state index in [1.165, 1.54) is 7.05 Å². The molecule has 0 spiro atoms. The highest BCUT2D eigenvalue weighted by molar-refractivity contribution is 7.88. The van der Waals surface area contributed by atoms with Crippen molar-refractivity contribution in [2.45, 2.75) is 12.5 Å². The fraction of sp³-hybridized carbons (Fsp3) is 0.643. The number of carbonyl (C=O) groups excluding carboxylic acids is 1. The molecule has 1 amide bonds. The average molecular weight is 357 g/mol. The minimum Gasteiger partial charge on any atom is -0.471 e. The predicted octanol–water partition coefficient (Wildman–Crippen LogP) is -0.586. The Kier molecular flexibility index (Phi) is 5.60. The quantitative estimate of drug-likeness (QED) is 0.672. The van der Waals surface area contributed by atoms with Gasteiger partial charge in [-0.25, -0.2) is 8.42 Å². The molecule has 2 rings (SSSR count). The van der Waals surface area contributed by atoms with E-state index < -0.39 is 10.0 Å². The van der Waals surface area contributed by atoms with E-state index in [9.17, 15) is 13.2 Å². The summed E-state index contributed by atoms with van der Waals surface area (Å²) in [6.45, 7) is 0.779. The lowest BCUT2D eigenvalue weighted by atomic mass is 10.3. The van der Waals surface area contributed by atoms with Crippen LogP contribution in [0.3, 0.4) is 0 Å². The predicted molar refractivity (Wildman–Crippen MR) is 89.4 cm³/mol. The van der Waals surface area contributed by atoms with Crippen LogP contribution in [0.4, 0.5) is 5.82 Å². The number of sulfonamides is 1. The molecule has 0 N–H and O–H groups in total. The summed E-state index contributed by atoms with van der Waals surface area (Å²) in [6, 6.07) is 3.55. The molecule has 2 heterocycles. The first kappa shape index (κ1) is 18.4. The van der Waals surface area contributed by atoms with Crippen LogP contribution in [0.2, 0.25) is 0 Å². The molecule has 1 aliphatic heterocycles. The average Bonchev–Trinajstić information content (AvgIpc) is 2.95. The minimum atomic E-state index is -3.37. The number of hydrogen-bond acceptors (Lipinski definition) is 7. The number of amides is 1. The third-order valence-electron chi connectivity index (χ3n) is 3.79. The molecule has 1 aliphatic rings. The van der Waals surface area contributed by atoms with Crippen molar-refractivity contribution in [2.24, 2.45) is 0 Å². The number of carbonyl (C=O) groups is 1. The Morgan fingerprint density at radius 1 is 1.33 bits per heavy atom. The van der Waals surface area contributed by atoms with Crippen molar-refractivity contribution in [3.05, 3.63) is 12.1 Å². The number of likely N-dealkylation sites (N-methyl/N-ethyl adjacent to an activating group) is 1. The second-order valence-corrected chi connectivity index (χ2v) is 8.10. The van der Waals surface area contributed by atoms with E-state index in [4.69, 9.17) is 4.74 Å². The van der Waals surface area contributed by atoms with Crippen LogP contribution >= 0.6 is 0 Å². The molecule has 9 nitrogen and oxygen atoms in total. The fourth-order valence-electron chi connectivity index (χ4n) is 2.24. The van der Waals surface area contributed by atoms with Crippen molar-refractivity contribution in [1.29, 1.82) is 0 Å². The van der Waals surface area contributed by atoms with E-state index in [1.807, 2.05) is 19.0 Å². The minimum absolute atomic E-state index is 0.164. The van der Waals surface area contributed by atoms with Gasteiger partial charge < -0.3 is 14.5 Å². The first-order valence-corrected chi connectivity index (χ1v) is 9.38. The molecule has 0 radical (unpaired) electrons. The largest absolute Gasteiger partial charge is 0.471 e. The van der Waals surface area contributed by atoms with Gasteiger partial charge in [0.15, 0.2) is 5.82 Å². The van der Waals surface area contributed by atoms with Gasteiger partial charge in [-0.3, -0.25) is 4.79 Å². The van der Waals surface area contributed by atoms with Crippen LogP contribution in [0, 0.1) is 0 Å².